The number of carboxylic acid groups (broad SMARTS) is 1. The molecular formula is C20H19N3O5. The fourth-order valence-electron chi connectivity index (χ4n) is 2.55. The maximum Gasteiger partial charge on any atom is 0.303 e. The van der Waals surface area contributed by atoms with E-state index < -0.39 is 11.5 Å². The van der Waals surface area contributed by atoms with Crippen molar-refractivity contribution in [3.05, 3.63) is 70.1 Å². The van der Waals surface area contributed by atoms with Crippen molar-refractivity contribution in [2.45, 2.75) is 19.4 Å². The van der Waals surface area contributed by atoms with Crippen LogP contribution in [0.5, 0.6) is 11.5 Å². The Morgan fingerprint density at radius 1 is 1.11 bits per heavy atom. The molecule has 144 valence electrons. The molecule has 0 unspecified atom stereocenters. The summed E-state index contributed by atoms with van der Waals surface area (Å²) in [5, 5.41) is 16.6. The van der Waals surface area contributed by atoms with Gasteiger partial charge >= 0.3 is 5.97 Å². The van der Waals surface area contributed by atoms with Gasteiger partial charge in [-0.05, 0) is 23.8 Å². The molecule has 0 aliphatic carbocycles. The molecule has 0 aliphatic heterocycles. The van der Waals surface area contributed by atoms with Crippen LogP contribution in [-0.2, 0) is 17.8 Å². The fraction of sp³-hybridized carbons (Fsp3) is 0.200. The normalized spacial score (nSPS) is 10.5. The van der Waals surface area contributed by atoms with Gasteiger partial charge in [0.1, 0.15) is 12.3 Å². The van der Waals surface area contributed by atoms with Crippen molar-refractivity contribution >= 4 is 5.97 Å². The van der Waals surface area contributed by atoms with Gasteiger partial charge in [0.2, 0.25) is 0 Å². The number of carboxylic acids is 1. The molecule has 8 nitrogen and oxygen atoms in total. The van der Waals surface area contributed by atoms with E-state index >= 15 is 0 Å². The largest absolute Gasteiger partial charge is 0.493 e. The van der Waals surface area contributed by atoms with Crippen molar-refractivity contribution in [3.8, 4) is 22.9 Å². The summed E-state index contributed by atoms with van der Waals surface area (Å²) < 4.78 is 11.2. The molecule has 0 aliphatic rings. The summed E-state index contributed by atoms with van der Waals surface area (Å²) in [6.45, 7) is 0.394. The Balaban J connectivity index is 1.78. The molecule has 0 amide bonds. The Bertz CT molecular complexity index is 1020. The Morgan fingerprint density at radius 2 is 1.89 bits per heavy atom. The van der Waals surface area contributed by atoms with Gasteiger partial charge in [-0.15, -0.1) is 10.2 Å². The first kappa shape index (κ1) is 19.1. The van der Waals surface area contributed by atoms with Gasteiger partial charge < -0.3 is 19.6 Å². The first-order valence-electron chi connectivity index (χ1n) is 8.59. The number of benzene rings is 2. The van der Waals surface area contributed by atoms with E-state index in [9.17, 15) is 9.59 Å². The van der Waals surface area contributed by atoms with Gasteiger partial charge in [0.15, 0.2) is 17.3 Å². The topological polar surface area (TPSA) is 114 Å². The second-order valence-electron chi connectivity index (χ2n) is 5.98. The molecular weight excluding hydrogens is 362 g/mol. The van der Waals surface area contributed by atoms with Crippen molar-refractivity contribution in [2.24, 2.45) is 0 Å². The molecule has 2 N–H and O–H groups in total. The third kappa shape index (κ3) is 4.73. The van der Waals surface area contributed by atoms with E-state index in [1.807, 2.05) is 30.3 Å². The lowest BCUT2D eigenvalue weighted by Crippen LogP contribution is -2.18. The molecule has 1 aromatic heterocycles. The van der Waals surface area contributed by atoms with E-state index in [4.69, 9.17) is 14.6 Å². The van der Waals surface area contributed by atoms with Gasteiger partial charge in [-0.3, -0.25) is 9.59 Å². The number of aliphatic carboxylic acids is 1. The molecule has 0 saturated carbocycles. The monoisotopic (exact) mass is 381 g/mol. The maximum atomic E-state index is 12.1. The number of H-pyrrole nitrogens is 1. The molecule has 1 heterocycles. The highest BCUT2D eigenvalue weighted by atomic mass is 16.5. The highest BCUT2D eigenvalue weighted by Crippen LogP contribution is 2.31. The number of hydrogen-bond acceptors (Lipinski definition) is 6. The molecule has 0 spiro atoms. The van der Waals surface area contributed by atoms with Crippen molar-refractivity contribution < 1.29 is 19.4 Å². The minimum atomic E-state index is -0.999. The average Bonchev–Trinajstić information content (AvgIpc) is 2.71. The summed E-state index contributed by atoms with van der Waals surface area (Å²) in [6.07, 6.45) is -0.161. The van der Waals surface area contributed by atoms with Gasteiger partial charge in [0, 0.05) is 12.0 Å². The van der Waals surface area contributed by atoms with E-state index in [0.717, 1.165) is 5.56 Å². The number of aromatic amines is 1. The van der Waals surface area contributed by atoms with Crippen LogP contribution in [0.1, 0.15) is 17.7 Å². The molecule has 0 saturated heterocycles. The van der Waals surface area contributed by atoms with Crippen molar-refractivity contribution in [3.63, 3.8) is 0 Å². The third-order valence-electron chi connectivity index (χ3n) is 4.01. The molecule has 8 heteroatoms. The van der Waals surface area contributed by atoms with Crippen molar-refractivity contribution in [1.82, 2.24) is 15.2 Å². The number of methoxy groups -OCH3 is 1. The quantitative estimate of drug-likeness (QED) is 0.616. The molecule has 0 bridgehead atoms. The van der Waals surface area contributed by atoms with Crippen molar-refractivity contribution in [1.29, 1.82) is 0 Å². The first-order valence-corrected chi connectivity index (χ1v) is 8.59. The zero-order valence-corrected chi connectivity index (χ0v) is 15.2. The molecule has 0 fully saturated rings. The number of nitrogens with zero attached hydrogens (tertiary/aromatic N) is 2. The maximum absolute atomic E-state index is 12.1. The van der Waals surface area contributed by atoms with Crippen LogP contribution < -0.4 is 15.0 Å². The highest BCUT2D eigenvalue weighted by molar-refractivity contribution is 5.67. The zero-order valence-electron chi connectivity index (χ0n) is 15.2. The molecule has 0 radical (unpaired) electrons. The summed E-state index contributed by atoms with van der Waals surface area (Å²) in [6, 6.07) is 14.9. The zero-order chi connectivity index (χ0) is 19.9. The Kier molecular flexibility index (Phi) is 6.01. The van der Waals surface area contributed by atoms with E-state index in [2.05, 4.69) is 15.2 Å². The van der Waals surface area contributed by atoms with E-state index in [1.54, 1.807) is 18.2 Å². The third-order valence-corrected chi connectivity index (χ3v) is 4.01. The number of carbonyl (C=O) groups is 1. The summed E-state index contributed by atoms with van der Waals surface area (Å²) in [4.78, 5) is 25.4. The summed E-state index contributed by atoms with van der Waals surface area (Å²) >= 11 is 0. The van der Waals surface area contributed by atoms with Crippen LogP contribution in [0.15, 0.2) is 53.3 Å². The van der Waals surface area contributed by atoms with Gasteiger partial charge in [0.05, 0.1) is 13.5 Å². The molecule has 3 rings (SSSR count). The van der Waals surface area contributed by atoms with Gasteiger partial charge in [0.25, 0.3) is 5.56 Å². The Morgan fingerprint density at radius 3 is 2.57 bits per heavy atom. The summed E-state index contributed by atoms with van der Waals surface area (Å²) in [5.74, 6) is 0.313. The molecule has 2 aromatic carbocycles. The second-order valence-corrected chi connectivity index (χ2v) is 5.98. The van der Waals surface area contributed by atoms with Crippen LogP contribution in [0.3, 0.4) is 0 Å². The van der Waals surface area contributed by atoms with Crippen molar-refractivity contribution in [2.75, 3.05) is 7.11 Å². The number of aromatic nitrogens is 3. The number of hydrogen-bond donors (Lipinski definition) is 2. The standard InChI is InChI=1S/C20H19N3O5/c1-27-17-11-14(7-9-16(17)28-12-13-5-3-2-4-6-13)19-21-20(26)15(22-23-19)8-10-18(24)25/h2-7,9,11H,8,10,12H2,1H3,(H,24,25)(H,21,23,26). The fourth-order valence-corrected chi connectivity index (χ4v) is 2.55. The number of nitrogens with one attached hydrogen (secondary N) is 1. The van der Waals surface area contributed by atoms with Gasteiger partial charge in [-0.2, -0.15) is 0 Å². The van der Waals surface area contributed by atoms with Crippen LogP contribution in [0.4, 0.5) is 0 Å². The number of ether oxygens (including phenoxy) is 2. The predicted molar refractivity (Wildman–Crippen MR) is 101 cm³/mol. The highest BCUT2D eigenvalue weighted by Gasteiger charge is 2.12. The minimum Gasteiger partial charge on any atom is -0.493 e. The first-order chi connectivity index (χ1) is 13.6. The van der Waals surface area contributed by atoms with Gasteiger partial charge in [-0.1, -0.05) is 30.3 Å². The van der Waals surface area contributed by atoms with Crippen LogP contribution in [0.25, 0.3) is 11.4 Å². The smallest absolute Gasteiger partial charge is 0.303 e. The number of aryl methyl sites for hydroxylation is 1. The predicted octanol–water partition coefficient (Wildman–Crippen LogP) is 2.44. The lowest BCUT2D eigenvalue weighted by Gasteiger charge is -2.12. The SMILES string of the molecule is COc1cc(-c2nnc(CCC(=O)O)c(=O)[nH]2)ccc1OCc1ccccc1. The second kappa shape index (κ2) is 8.81. The van der Waals surface area contributed by atoms with Crippen LogP contribution in [0.2, 0.25) is 0 Å². The van der Waals surface area contributed by atoms with Crippen LogP contribution >= 0.6 is 0 Å². The summed E-state index contributed by atoms with van der Waals surface area (Å²) in [5.41, 5.74) is 1.25. The lowest BCUT2D eigenvalue weighted by atomic mass is 10.2. The molecule has 28 heavy (non-hydrogen) atoms. The molecule has 3 aromatic rings. The molecule has 0 atom stereocenters. The summed E-state index contributed by atoms with van der Waals surface area (Å²) in [7, 11) is 1.53. The van der Waals surface area contributed by atoms with Crippen LogP contribution in [0, 0.1) is 0 Å². The average molecular weight is 381 g/mol. The number of rotatable bonds is 8. The Labute approximate surface area is 160 Å². The van der Waals surface area contributed by atoms with E-state index in [0.29, 0.717) is 23.7 Å². The lowest BCUT2D eigenvalue weighted by molar-refractivity contribution is -0.136. The minimum absolute atomic E-state index is 0.0214. The Hall–Kier alpha value is -3.68. The van der Waals surface area contributed by atoms with Gasteiger partial charge in [-0.25, -0.2) is 0 Å². The van der Waals surface area contributed by atoms with Crippen LogP contribution in [-0.4, -0.2) is 33.4 Å². The van der Waals surface area contributed by atoms with E-state index in [1.165, 1.54) is 7.11 Å². The van der Waals surface area contributed by atoms with E-state index in [-0.39, 0.29) is 24.4 Å².